The van der Waals surface area contributed by atoms with Gasteiger partial charge in [0.05, 0.1) is 6.54 Å². The average molecular weight is 238 g/mol. The van der Waals surface area contributed by atoms with E-state index in [0.29, 0.717) is 13.0 Å². The molecule has 0 aliphatic rings. The fourth-order valence-electron chi connectivity index (χ4n) is 1.40. The first-order valence-corrected chi connectivity index (χ1v) is 6.20. The number of amides is 1. The zero-order chi connectivity index (χ0) is 12.5. The Morgan fingerprint density at radius 2 is 2.29 bits per heavy atom. The third-order valence-corrected chi connectivity index (χ3v) is 2.63. The molecule has 0 spiro atoms. The zero-order valence-corrected chi connectivity index (χ0v) is 10.6. The van der Waals surface area contributed by atoms with Crippen molar-refractivity contribution in [2.45, 2.75) is 39.3 Å². The molecule has 0 saturated heterocycles. The Kier molecular flexibility index (Phi) is 6.32. The first-order chi connectivity index (χ1) is 8.22. The summed E-state index contributed by atoms with van der Waals surface area (Å²) in [4.78, 5) is 11.4. The first kappa shape index (κ1) is 13.7. The Morgan fingerprint density at radius 1 is 1.47 bits per heavy atom. The largest absolute Gasteiger partial charge is 0.354 e. The van der Waals surface area contributed by atoms with Crippen molar-refractivity contribution in [2.75, 3.05) is 13.1 Å². The van der Waals surface area contributed by atoms with Gasteiger partial charge < -0.3 is 10.6 Å². The highest BCUT2D eigenvalue weighted by molar-refractivity contribution is 5.76. The van der Waals surface area contributed by atoms with Gasteiger partial charge in [0.15, 0.2) is 0 Å². The van der Waals surface area contributed by atoms with E-state index < -0.39 is 0 Å². The van der Waals surface area contributed by atoms with Crippen LogP contribution in [0, 0.1) is 0 Å². The molecule has 96 valence electrons. The van der Waals surface area contributed by atoms with Gasteiger partial charge in [-0.15, -0.1) is 0 Å². The molecule has 1 unspecified atom stereocenters. The molecule has 5 nitrogen and oxygen atoms in total. The van der Waals surface area contributed by atoms with Crippen LogP contribution >= 0.6 is 0 Å². The molecular formula is C12H22N4O. The minimum absolute atomic E-state index is 0.117. The number of hydrogen-bond acceptors (Lipinski definition) is 3. The van der Waals surface area contributed by atoms with Crippen molar-refractivity contribution >= 4 is 5.91 Å². The number of nitrogens with one attached hydrogen (secondary N) is 2. The standard InChI is InChI=1S/C12H22N4O/c1-3-11(2)15-12(17)5-7-13-8-10-16-9-4-6-14-16/h4,6,9,11,13H,3,5,7-8,10H2,1-2H3,(H,15,17). The molecule has 1 amide bonds. The Labute approximate surface area is 103 Å². The van der Waals surface area contributed by atoms with E-state index in [1.165, 1.54) is 0 Å². The van der Waals surface area contributed by atoms with Crippen LogP contribution in [-0.4, -0.2) is 34.8 Å². The van der Waals surface area contributed by atoms with Gasteiger partial charge in [0.2, 0.25) is 5.91 Å². The summed E-state index contributed by atoms with van der Waals surface area (Å²) >= 11 is 0. The highest BCUT2D eigenvalue weighted by Gasteiger charge is 2.04. The summed E-state index contributed by atoms with van der Waals surface area (Å²) in [6, 6.07) is 2.17. The van der Waals surface area contributed by atoms with Crippen molar-refractivity contribution < 1.29 is 4.79 Å². The Balaban J connectivity index is 1.98. The van der Waals surface area contributed by atoms with E-state index in [4.69, 9.17) is 0 Å². The topological polar surface area (TPSA) is 59.0 Å². The van der Waals surface area contributed by atoms with Crippen molar-refractivity contribution in [3.05, 3.63) is 18.5 Å². The van der Waals surface area contributed by atoms with Crippen LogP contribution in [0.15, 0.2) is 18.5 Å². The number of rotatable bonds is 8. The van der Waals surface area contributed by atoms with Crippen LogP contribution in [0.4, 0.5) is 0 Å². The number of aromatic nitrogens is 2. The normalized spacial score (nSPS) is 12.4. The Bertz CT molecular complexity index is 310. The number of nitrogens with zero attached hydrogens (tertiary/aromatic N) is 2. The summed E-state index contributed by atoms with van der Waals surface area (Å²) < 4.78 is 1.87. The molecular weight excluding hydrogens is 216 g/mol. The van der Waals surface area contributed by atoms with Crippen molar-refractivity contribution in [2.24, 2.45) is 0 Å². The van der Waals surface area contributed by atoms with Gasteiger partial charge in [0.1, 0.15) is 0 Å². The molecule has 5 heteroatoms. The van der Waals surface area contributed by atoms with Crippen LogP contribution < -0.4 is 10.6 Å². The predicted molar refractivity (Wildman–Crippen MR) is 67.6 cm³/mol. The van der Waals surface area contributed by atoms with Gasteiger partial charge in [-0.3, -0.25) is 9.48 Å². The maximum absolute atomic E-state index is 11.4. The molecule has 0 radical (unpaired) electrons. The van der Waals surface area contributed by atoms with E-state index in [1.807, 2.05) is 23.9 Å². The molecule has 17 heavy (non-hydrogen) atoms. The predicted octanol–water partition coefficient (Wildman–Crippen LogP) is 0.777. The number of carbonyl (C=O) groups excluding carboxylic acids is 1. The van der Waals surface area contributed by atoms with Crippen LogP contribution in [0.5, 0.6) is 0 Å². The van der Waals surface area contributed by atoms with Crippen molar-refractivity contribution in [1.82, 2.24) is 20.4 Å². The molecule has 0 aliphatic carbocycles. The van der Waals surface area contributed by atoms with Gasteiger partial charge in [-0.25, -0.2) is 0 Å². The van der Waals surface area contributed by atoms with E-state index in [1.54, 1.807) is 6.20 Å². The van der Waals surface area contributed by atoms with E-state index in [-0.39, 0.29) is 11.9 Å². The second kappa shape index (κ2) is 7.84. The lowest BCUT2D eigenvalue weighted by Gasteiger charge is -2.11. The van der Waals surface area contributed by atoms with Crippen LogP contribution in [0.25, 0.3) is 0 Å². The molecule has 0 aromatic carbocycles. The average Bonchev–Trinajstić information content (AvgIpc) is 2.81. The van der Waals surface area contributed by atoms with Gasteiger partial charge >= 0.3 is 0 Å². The third kappa shape index (κ3) is 6.06. The van der Waals surface area contributed by atoms with Gasteiger partial charge in [-0.2, -0.15) is 5.10 Å². The third-order valence-electron chi connectivity index (χ3n) is 2.63. The molecule has 1 aromatic rings. The van der Waals surface area contributed by atoms with E-state index >= 15 is 0 Å². The molecule has 0 saturated carbocycles. The van der Waals surface area contributed by atoms with Crippen LogP contribution in [0.2, 0.25) is 0 Å². The molecule has 1 heterocycles. The molecule has 0 aliphatic heterocycles. The smallest absolute Gasteiger partial charge is 0.221 e. The van der Waals surface area contributed by atoms with E-state index in [2.05, 4.69) is 22.7 Å². The summed E-state index contributed by atoms with van der Waals surface area (Å²) in [6.45, 7) is 6.46. The maximum atomic E-state index is 11.4. The molecule has 1 atom stereocenters. The maximum Gasteiger partial charge on any atom is 0.221 e. The number of hydrogen-bond donors (Lipinski definition) is 2. The molecule has 0 fully saturated rings. The quantitative estimate of drug-likeness (QED) is 0.658. The summed E-state index contributed by atoms with van der Waals surface area (Å²) in [5.41, 5.74) is 0. The number of carbonyl (C=O) groups is 1. The first-order valence-electron chi connectivity index (χ1n) is 6.20. The molecule has 1 rings (SSSR count). The fraction of sp³-hybridized carbons (Fsp3) is 0.667. The summed E-state index contributed by atoms with van der Waals surface area (Å²) in [5.74, 6) is 0.117. The van der Waals surface area contributed by atoms with Crippen LogP contribution in [0.1, 0.15) is 26.7 Å². The summed E-state index contributed by atoms with van der Waals surface area (Å²) in [6.07, 6.45) is 5.19. The lowest BCUT2D eigenvalue weighted by molar-refractivity contribution is -0.121. The fourth-order valence-corrected chi connectivity index (χ4v) is 1.40. The highest BCUT2D eigenvalue weighted by Crippen LogP contribution is 1.89. The summed E-state index contributed by atoms with van der Waals surface area (Å²) in [7, 11) is 0. The Hall–Kier alpha value is -1.36. The summed E-state index contributed by atoms with van der Waals surface area (Å²) in [5, 5.41) is 10.3. The van der Waals surface area contributed by atoms with Gasteiger partial charge in [0.25, 0.3) is 0 Å². The monoisotopic (exact) mass is 238 g/mol. The molecule has 2 N–H and O–H groups in total. The second-order valence-corrected chi connectivity index (χ2v) is 4.15. The molecule has 1 aromatic heterocycles. The molecule has 0 bridgehead atoms. The SMILES string of the molecule is CCC(C)NC(=O)CCNCCn1cccn1. The minimum Gasteiger partial charge on any atom is -0.354 e. The highest BCUT2D eigenvalue weighted by atomic mass is 16.1. The second-order valence-electron chi connectivity index (χ2n) is 4.15. The van der Waals surface area contributed by atoms with Crippen LogP contribution in [-0.2, 0) is 11.3 Å². The van der Waals surface area contributed by atoms with E-state index in [9.17, 15) is 4.79 Å². The van der Waals surface area contributed by atoms with Crippen molar-refractivity contribution in [1.29, 1.82) is 0 Å². The Morgan fingerprint density at radius 3 is 2.94 bits per heavy atom. The van der Waals surface area contributed by atoms with Gasteiger partial charge in [-0.1, -0.05) is 6.92 Å². The van der Waals surface area contributed by atoms with Gasteiger partial charge in [-0.05, 0) is 19.4 Å². The lowest BCUT2D eigenvalue weighted by Crippen LogP contribution is -2.34. The zero-order valence-electron chi connectivity index (χ0n) is 10.6. The van der Waals surface area contributed by atoms with Crippen molar-refractivity contribution in [3.8, 4) is 0 Å². The van der Waals surface area contributed by atoms with Gasteiger partial charge in [0, 0.05) is 37.9 Å². The van der Waals surface area contributed by atoms with Crippen LogP contribution in [0.3, 0.4) is 0 Å². The lowest BCUT2D eigenvalue weighted by atomic mass is 10.2. The van der Waals surface area contributed by atoms with E-state index in [0.717, 1.165) is 19.5 Å². The minimum atomic E-state index is 0.117. The van der Waals surface area contributed by atoms with Crippen molar-refractivity contribution in [3.63, 3.8) is 0 Å².